The lowest BCUT2D eigenvalue weighted by Gasteiger charge is -2.39. The van der Waals surface area contributed by atoms with Gasteiger partial charge in [0.05, 0.1) is 11.1 Å². The molecule has 1 fully saturated rings. The number of fused-ring (bicyclic) bond motifs is 2. The maximum Gasteiger partial charge on any atom is 0.254 e. The normalized spacial score (nSPS) is 26.1. The summed E-state index contributed by atoms with van der Waals surface area (Å²) in [6.45, 7) is 10.7. The second kappa shape index (κ2) is 10.2. The number of rotatable bonds is 5. The van der Waals surface area contributed by atoms with Crippen LogP contribution in [0.1, 0.15) is 80.1 Å². The first-order valence-corrected chi connectivity index (χ1v) is 15.0. The summed E-state index contributed by atoms with van der Waals surface area (Å²) in [4.78, 5) is 31.2. The quantitative estimate of drug-likeness (QED) is 0.423. The Kier molecular flexibility index (Phi) is 6.92. The molecule has 2 aliphatic carbocycles. The van der Waals surface area contributed by atoms with Crippen LogP contribution < -0.4 is 9.47 Å². The third-order valence-electron chi connectivity index (χ3n) is 9.71. The Labute approximate surface area is 243 Å². The molecule has 218 valence electrons. The Morgan fingerprint density at radius 3 is 2.32 bits per heavy atom. The molecule has 7 nitrogen and oxygen atoms in total. The summed E-state index contributed by atoms with van der Waals surface area (Å²) in [6, 6.07) is 4.48. The van der Waals surface area contributed by atoms with E-state index in [-0.39, 0.29) is 17.6 Å². The second-order valence-corrected chi connectivity index (χ2v) is 12.8. The Hall–Kier alpha value is -3.32. The van der Waals surface area contributed by atoms with Gasteiger partial charge in [-0.2, -0.15) is 0 Å². The molecular weight excluding hydrogens is 516 g/mol. The number of amides is 1. The number of carbonyl (C=O) groups excluding carboxylic acids is 2. The van der Waals surface area contributed by atoms with E-state index >= 15 is 0 Å². The maximum atomic E-state index is 14.2. The van der Waals surface area contributed by atoms with Crippen LogP contribution in [0.3, 0.4) is 0 Å². The van der Waals surface area contributed by atoms with Crippen LogP contribution in [0.2, 0.25) is 0 Å². The number of carbonyl (C=O) groups is 2. The third kappa shape index (κ3) is 4.72. The Bertz CT molecular complexity index is 1490. The van der Waals surface area contributed by atoms with Crippen LogP contribution in [-0.2, 0) is 11.2 Å². The zero-order chi connectivity index (χ0) is 29.2. The molecule has 41 heavy (non-hydrogen) atoms. The molecule has 1 aromatic carbocycles. The first-order valence-electron chi connectivity index (χ1n) is 15.0. The van der Waals surface area contributed by atoms with Crippen LogP contribution >= 0.6 is 0 Å². The van der Waals surface area contributed by atoms with Crippen LogP contribution in [0.15, 0.2) is 39.3 Å². The van der Waals surface area contributed by atoms with Crippen molar-refractivity contribution < 1.29 is 23.5 Å². The number of ether oxygens (including phenoxy) is 2. The van der Waals surface area contributed by atoms with Gasteiger partial charge in [0.15, 0.2) is 17.3 Å². The van der Waals surface area contributed by atoms with E-state index in [1.165, 1.54) is 0 Å². The van der Waals surface area contributed by atoms with Gasteiger partial charge < -0.3 is 23.7 Å². The minimum Gasteiger partial charge on any atom is -0.461 e. The fraction of sp³-hybridized carbons (Fsp3) is 0.529. The van der Waals surface area contributed by atoms with E-state index < -0.39 is 5.79 Å². The highest BCUT2D eigenvalue weighted by Crippen LogP contribution is 2.55. The molecule has 1 aromatic heterocycles. The van der Waals surface area contributed by atoms with Crippen molar-refractivity contribution in [1.29, 1.82) is 0 Å². The Morgan fingerprint density at radius 2 is 1.68 bits per heavy atom. The monoisotopic (exact) mass is 558 g/mol. The predicted molar refractivity (Wildman–Crippen MR) is 158 cm³/mol. The topological polar surface area (TPSA) is 72.2 Å². The standard InChI is InChI=1S/C34H42N2O5/c1-19-16-20(2)26(27(37)17-19)18-36-15-14-25-29(33(36)38)22(4)31-32(30(25)28-13-8-21(3)39-28)41-34(5,40-31)23-9-11-24(12-10-23)35(6)7/h8,13,16,23-24H,9-12,14-15,17-18H2,1-7H3/t23?,24?,34-/m0/s1. The maximum absolute atomic E-state index is 14.2. The molecule has 0 unspecified atom stereocenters. The summed E-state index contributed by atoms with van der Waals surface area (Å²) >= 11 is 0. The summed E-state index contributed by atoms with van der Waals surface area (Å²) in [5.41, 5.74) is 5.97. The fourth-order valence-electron chi connectivity index (χ4n) is 7.33. The number of benzene rings is 1. The van der Waals surface area contributed by atoms with Gasteiger partial charge in [-0.3, -0.25) is 9.59 Å². The van der Waals surface area contributed by atoms with Crippen LogP contribution in [0, 0.1) is 19.8 Å². The van der Waals surface area contributed by atoms with E-state index in [9.17, 15) is 9.59 Å². The highest BCUT2D eigenvalue weighted by atomic mass is 16.7. The van der Waals surface area contributed by atoms with Gasteiger partial charge in [0.1, 0.15) is 11.5 Å². The van der Waals surface area contributed by atoms with Crippen molar-refractivity contribution in [2.75, 3.05) is 27.2 Å². The number of hydrogen-bond donors (Lipinski definition) is 0. The van der Waals surface area contributed by atoms with Crippen molar-refractivity contribution in [2.24, 2.45) is 5.92 Å². The van der Waals surface area contributed by atoms with Crippen molar-refractivity contribution >= 4 is 11.7 Å². The molecule has 0 bridgehead atoms. The zero-order valence-electron chi connectivity index (χ0n) is 25.5. The lowest BCUT2D eigenvalue weighted by atomic mass is 9.81. The lowest BCUT2D eigenvalue weighted by Crippen LogP contribution is -2.46. The molecular formula is C34H42N2O5. The van der Waals surface area contributed by atoms with Crippen LogP contribution in [-0.4, -0.2) is 60.5 Å². The SMILES string of the molecule is CC1=CC(C)=C(CN2CCc3c(c(C)c4c(c3-c3ccc(C)o3)O[C@@](C)(C3CCC(N(C)C)CC3)O4)C2=O)C(=O)C1. The molecule has 2 aliphatic heterocycles. The van der Waals surface area contributed by atoms with E-state index in [2.05, 4.69) is 32.0 Å². The number of ketones is 1. The van der Waals surface area contributed by atoms with Crippen molar-refractivity contribution in [2.45, 2.75) is 85.0 Å². The average molecular weight is 559 g/mol. The van der Waals surface area contributed by atoms with Gasteiger partial charge in [-0.15, -0.1) is 0 Å². The molecule has 2 aromatic rings. The zero-order valence-corrected chi connectivity index (χ0v) is 25.5. The number of nitrogens with zero attached hydrogens (tertiary/aromatic N) is 2. The fourth-order valence-corrected chi connectivity index (χ4v) is 7.33. The Morgan fingerprint density at radius 1 is 0.976 bits per heavy atom. The van der Waals surface area contributed by atoms with E-state index in [0.29, 0.717) is 54.8 Å². The summed E-state index contributed by atoms with van der Waals surface area (Å²) in [7, 11) is 4.30. The number of hydrogen-bond acceptors (Lipinski definition) is 6. The molecule has 4 aliphatic rings. The van der Waals surface area contributed by atoms with Gasteiger partial charge >= 0.3 is 0 Å². The molecule has 6 rings (SSSR count). The molecule has 1 saturated carbocycles. The number of aryl methyl sites for hydroxylation is 1. The van der Waals surface area contributed by atoms with Gasteiger partial charge in [-0.1, -0.05) is 11.6 Å². The van der Waals surface area contributed by atoms with Gasteiger partial charge in [0.2, 0.25) is 0 Å². The first-order chi connectivity index (χ1) is 19.5. The van der Waals surface area contributed by atoms with Crippen LogP contribution in [0.25, 0.3) is 11.3 Å². The number of allylic oxidation sites excluding steroid dienone is 3. The van der Waals surface area contributed by atoms with Gasteiger partial charge in [-0.25, -0.2) is 0 Å². The molecule has 0 radical (unpaired) electrons. The minimum atomic E-state index is -0.811. The van der Waals surface area contributed by atoms with E-state index in [0.717, 1.165) is 64.9 Å². The molecule has 7 heteroatoms. The molecule has 0 saturated heterocycles. The van der Waals surface area contributed by atoms with E-state index in [1.807, 2.05) is 44.7 Å². The first kappa shape index (κ1) is 27.8. The van der Waals surface area contributed by atoms with Crippen LogP contribution in [0.5, 0.6) is 11.5 Å². The predicted octanol–water partition coefficient (Wildman–Crippen LogP) is 6.41. The smallest absolute Gasteiger partial charge is 0.254 e. The van der Waals surface area contributed by atoms with E-state index in [1.54, 1.807) is 0 Å². The van der Waals surface area contributed by atoms with Gasteiger partial charge in [-0.05, 0) is 97.2 Å². The summed E-state index contributed by atoms with van der Waals surface area (Å²) in [5.74, 6) is 2.30. The number of Topliss-reactive ketones (excluding diaryl/α,β-unsaturated/α-hetero) is 1. The van der Waals surface area contributed by atoms with Crippen LogP contribution in [0.4, 0.5) is 0 Å². The molecule has 0 spiro atoms. The molecule has 1 amide bonds. The van der Waals surface area contributed by atoms with Crippen molar-refractivity contribution in [3.8, 4) is 22.8 Å². The largest absolute Gasteiger partial charge is 0.461 e. The highest BCUT2D eigenvalue weighted by Gasteiger charge is 2.49. The second-order valence-electron chi connectivity index (χ2n) is 12.8. The summed E-state index contributed by atoms with van der Waals surface area (Å²) < 4.78 is 19.7. The molecule has 1 atom stereocenters. The van der Waals surface area contributed by atoms with Gasteiger partial charge in [0, 0.05) is 49.5 Å². The summed E-state index contributed by atoms with van der Waals surface area (Å²) in [5, 5.41) is 0. The Balaban J connectivity index is 1.39. The summed E-state index contributed by atoms with van der Waals surface area (Å²) in [6.07, 6.45) is 7.37. The highest BCUT2D eigenvalue weighted by molar-refractivity contribution is 6.04. The van der Waals surface area contributed by atoms with Gasteiger partial charge in [0.25, 0.3) is 11.7 Å². The van der Waals surface area contributed by atoms with Crippen molar-refractivity contribution in [3.05, 3.63) is 57.4 Å². The van der Waals surface area contributed by atoms with E-state index in [4.69, 9.17) is 13.9 Å². The minimum absolute atomic E-state index is 0.0702. The third-order valence-corrected chi connectivity index (χ3v) is 9.71. The lowest BCUT2D eigenvalue weighted by molar-refractivity contribution is -0.123. The van der Waals surface area contributed by atoms with Crippen molar-refractivity contribution in [1.82, 2.24) is 9.80 Å². The average Bonchev–Trinajstić information content (AvgIpc) is 3.51. The molecule has 0 N–H and O–H groups in total. The number of furan rings is 1. The molecule has 3 heterocycles. The van der Waals surface area contributed by atoms with Crippen molar-refractivity contribution in [3.63, 3.8) is 0 Å².